The zero-order valence-electron chi connectivity index (χ0n) is 16.8. The van der Waals surface area contributed by atoms with E-state index in [1.807, 2.05) is 48.5 Å². The van der Waals surface area contributed by atoms with Gasteiger partial charge in [-0.3, -0.25) is 9.59 Å². The van der Waals surface area contributed by atoms with Gasteiger partial charge in [0, 0.05) is 5.02 Å². The number of halogens is 1. The molecule has 0 aliphatic rings. The van der Waals surface area contributed by atoms with Crippen LogP contribution in [0.5, 0.6) is 0 Å². The molecule has 144 valence electrons. The molecule has 1 aromatic rings. The highest BCUT2D eigenvalue weighted by atomic mass is 35.5. The van der Waals surface area contributed by atoms with Crippen molar-refractivity contribution in [1.82, 2.24) is 0 Å². The van der Waals surface area contributed by atoms with Gasteiger partial charge in [-0.15, -0.1) is 0 Å². The molecule has 0 saturated heterocycles. The summed E-state index contributed by atoms with van der Waals surface area (Å²) >= 11 is 6.23. The van der Waals surface area contributed by atoms with E-state index < -0.39 is 11.2 Å². The monoisotopic (exact) mass is 380 g/mol. The number of carbonyl (C=O) groups excluding carboxylic acids is 2. The lowest BCUT2D eigenvalue weighted by atomic mass is 9.92. The molecule has 0 N–H and O–H groups in total. The van der Waals surface area contributed by atoms with E-state index in [1.165, 1.54) is 0 Å². The lowest BCUT2D eigenvalue weighted by molar-refractivity contribution is -0.154. The van der Waals surface area contributed by atoms with Gasteiger partial charge in [0.15, 0.2) is 0 Å². The van der Waals surface area contributed by atoms with E-state index in [-0.39, 0.29) is 24.8 Å². The maximum atomic E-state index is 12.2. The van der Waals surface area contributed by atoms with Crippen LogP contribution in [0.15, 0.2) is 18.7 Å². The average Bonchev–Trinajstić information content (AvgIpc) is 2.31. The Bertz CT molecular complexity index is 655. The quantitative estimate of drug-likeness (QED) is 0.663. The second-order valence-corrected chi connectivity index (χ2v) is 8.84. The van der Waals surface area contributed by atoms with Crippen LogP contribution < -0.4 is 0 Å². The minimum atomic E-state index is -0.571. The number of ether oxygens (including phenoxy) is 2. The van der Waals surface area contributed by atoms with Crippen molar-refractivity contribution in [3.05, 3.63) is 40.4 Å². The first-order valence-corrected chi connectivity index (χ1v) is 8.96. The predicted octanol–water partition coefficient (Wildman–Crippen LogP) is 5.14. The Morgan fingerprint density at radius 3 is 1.54 bits per heavy atom. The second kappa shape index (κ2) is 8.26. The molecule has 4 nitrogen and oxygen atoms in total. The Balaban J connectivity index is 3.20. The number of hydrogen-bond donors (Lipinski definition) is 0. The summed E-state index contributed by atoms with van der Waals surface area (Å²) in [5.74, 6) is -0.712. The molecule has 1 rings (SSSR count). The summed E-state index contributed by atoms with van der Waals surface area (Å²) in [5.41, 5.74) is 1.75. The smallest absolute Gasteiger partial charge is 0.310 e. The van der Waals surface area contributed by atoms with Crippen molar-refractivity contribution in [1.29, 1.82) is 0 Å². The molecule has 0 bridgehead atoms. The van der Waals surface area contributed by atoms with E-state index >= 15 is 0 Å². The highest BCUT2D eigenvalue weighted by Gasteiger charge is 2.22. The standard InChI is InChI=1S/C21H29ClO4/c1-13(2)19-14(11-17(23)25-20(3,4)5)9-16(22)10-15(19)12-18(24)26-21(6,7)8/h9-10H,1,11-12H2,2-8H3. The van der Waals surface area contributed by atoms with Crippen molar-refractivity contribution in [2.45, 2.75) is 72.5 Å². The van der Waals surface area contributed by atoms with Gasteiger partial charge in [0.05, 0.1) is 12.8 Å². The Labute approximate surface area is 161 Å². The van der Waals surface area contributed by atoms with E-state index in [2.05, 4.69) is 6.58 Å². The highest BCUT2D eigenvalue weighted by Crippen LogP contribution is 2.29. The largest absolute Gasteiger partial charge is 0.460 e. The molecule has 0 unspecified atom stereocenters. The first kappa shape index (κ1) is 22.2. The number of rotatable bonds is 5. The second-order valence-electron chi connectivity index (χ2n) is 8.41. The summed E-state index contributed by atoms with van der Waals surface area (Å²) < 4.78 is 10.8. The molecule has 5 heteroatoms. The zero-order chi connectivity index (χ0) is 20.3. The van der Waals surface area contributed by atoms with Gasteiger partial charge in [-0.2, -0.15) is 0 Å². The van der Waals surface area contributed by atoms with Crippen molar-refractivity contribution in [2.24, 2.45) is 0 Å². The molecule has 0 spiro atoms. The molecule has 0 atom stereocenters. The van der Waals surface area contributed by atoms with Crippen LogP contribution in [0.1, 0.15) is 65.2 Å². The summed E-state index contributed by atoms with van der Waals surface area (Å²) in [7, 11) is 0. The number of esters is 2. The van der Waals surface area contributed by atoms with Crippen LogP contribution in [0.25, 0.3) is 5.57 Å². The summed E-state index contributed by atoms with van der Waals surface area (Å²) in [5, 5.41) is 0.451. The normalized spacial score (nSPS) is 11.8. The van der Waals surface area contributed by atoms with Crippen molar-refractivity contribution >= 4 is 29.1 Å². The van der Waals surface area contributed by atoms with E-state index in [1.54, 1.807) is 12.1 Å². The van der Waals surface area contributed by atoms with Gasteiger partial charge in [-0.25, -0.2) is 0 Å². The lowest BCUT2D eigenvalue weighted by Gasteiger charge is -2.22. The number of benzene rings is 1. The van der Waals surface area contributed by atoms with Crippen LogP contribution in [0, 0.1) is 0 Å². The molecule has 0 fully saturated rings. The molecule has 26 heavy (non-hydrogen) atoms. The van der Waals surface area contributed by atoms with E-state index in [0.29, 0.717) is 16.1 Å². The molecule has 0 radical (unpaired) electrons. The fourth-order valence-electron chi connectivity index (χ4n) is 2.62. The number of allylic oxidation sites excluding steroid dienone is 1. The summed E-state index contributed by atoms with van der Waals surface area (Å²) in [6.45, 7) is 16.7. The SMILES string of the molecule is C=C(C)c1c(CC(=O)OC(C)(C)C)cc(Cl)cc1CC(=O)OC(C)(C)C. The third kappa shape index (κ3) is 7.61. The number of carbonyl (C=O) groups is 2. The van der Waals surface area contributed by atoms with Gasteiger partial charge in [0.25, 0.3) is 0 Å². The van der Waals surface area contributed by atoms with Crippen LogP contribution in [0.4, 0.5) is 0 Å². The summed E-state index contributed by atoms with van der Waals surface area (Å²) in [4.78, 5) is 24.5. The Kier molecular flexibility index (Phi) is 7.06. The maximum absolute atomic E-state index is 12.2. The molecule has 0 saturated carbocycles. The van der Waals surface area contributed by atoms with Crippen molar-refractivity contribution < 1.29 is 19.1 Å². The molecule has 0 heterocycles. The molecule has 0 aromatic heterocycles. The topological polar surface area (TPSA) is 52.6 Å². The Hall–Kier alpha value is -1.81. The van der Waals surface area contributed by atoms with Gasteiger partial charge >= 0.3 is 11.9 Å². The van der Waals surface area contributed by atoms with E-state index in [4.69, 9.17) is 21.1 Å². The summed E-state index contributed by atoms with van der Waals surface area (Å²) in [6, 6.07) is 3.43. The van der Waals surface area contributed by atoms with Gasteiger partial charge in [0.1, 0.15) is 11.2 Å². The molecular weight excluding hydrogens is 352 g/mol. The number of hydrogen-bond acceptors (Lipinski definition) is 4. The van der Waals surface area contributed by atoms with Crippen molar-refractivity contribution in [3.8, 4) is 0 Å². The van der Waals surface area contributed by atoms with Gasteiger partial charge in [0.2, 0.25) is 0 Å². The van der Waals surface area contributed by atoms with Crippen LogP contribution in [0.3, 0.4) is 0 Å². The minimum absolute atomic E-state index is 0.0569. The van der Waals surface area contributed by atoms with Crippen molar-refractivity contribution in [3.63, 3.8) is 0 Å². The molecular formula is C21H29ClO4. The summed E-state index contributed by atoms with van der Waals surface area (Å²) in [6.07, 6.45) is 0.114. The Morgan fingerprint density at radius 1 is 0.923 bits per heavy atom. The molecule has 1 aromatic carbocycles. The zero-order valence-corrected chi connectivity index (χ0v) is 17.5. The fraction of sp³-hybridized carbons (Fsp3) is 0.524. The first-order valence-electron chi connectivity index (χ1n) is 8.59. The molecule has 0 amide bonds. The highest BCUT2D eigenvalue weighted by molar-refractivity contribution is 6.30. The van der Waals surface area contributed by atoms with Crippen molar-refractivity contribution in [2.75, 3.05) is 0 Å². The van der Waals surface area contributed by atoms with Gasteiger partial charge in [-0.05, 0) is 77.3 Å². The predicted molar refractivity (Wildman–Crippen MR) is 105 cm³/mol. The molecule has 0 aliphatic heterocycles. The van der Waals surface area contributed by atoms with Crippen LogP contribution in [-0.4, -0.2) is 23.1 Å². The van der Waals surface area contributed by atoms with Crippen LogP contribution >= 0.6 is 11.6 Å². The fourth-order valence-corrected chi connectivity index (χ4v) is 2.88. The molecule has 0 aliphatic carbocycles. The third-order valence-corrected chi connectivity index (χ3v) is 3.42. The van der Waals surface area contributed by atoms with E-state index in [0.717, 1.165) is 11.1 Å². The van der Waals surface area contributed by atoms with Crippen LogP contribution in [-0.2, 0) is 31.9 Å². The average molecular weight is 381 g/mol. The first-order chi connectivity index (χ1) is 11.7. The van der Waals surface area contributed by atoms with Crippen LogP contribution in [0.2, 0.25) is 5.02 Å². The maximum Gasteiger partial charge on any atom is 0.310 e. The lowest BCUT2D eigenvalue weighted by Crippen LogP contribution is -2.26. The minimum Gasteiger partial charge on any atom is -0.460 e. The van der Waals surface area contributed by atoms with Gasteiger partial charge in [-0.1, -0.05) is 23.8 Å². The Morgan fingerprint density at radius 2 is 1.27 bits per heavy atom. The third-order valence-electron chi connectivity index (χ3n) is 3.20. The van der Waals surface area contributed by atoms with Gasteiger partial charge < -0.3 is 9.47 Å². The van der Waals surface area contributed by atoms with E-state index in [9.17, 15) is 9.59 Å².